The highest BCUT2D eigenvalue weighted by Gasteiger charge is 2.12. The number of nitrogens with zero attached hydrogens (tertiary/aromatic N) is 2. The van der Waals surface area contributed by atoms with E-state index in [4.69, 9.17) is 4.74 Å². The van der Waals surface area contributed by atoms with Gasteiger partial charge in [-0.2, -0.15) is 0 Å². The number of ether oxygens (including phenoxy) is 1. The summed E-state index contributed by atoms with van der Waals surface area (Å²) < 4.78 is 6.99. The van der Waals surface area contributed by atoms with E-state index in [9.17, 15) is 4.79 Å². The summed E-state index contributed by atoms with van der Waals surface area (Å²) in [6.45, 7) is 1.55. The van der Waals surface area contributed by atoms with Crippen molar-refractivity contribution in [2.75, 3.05) is 7.11 Å². The lowest BCUT2D eigenvalue weighted by atomic mass is 10.3. The second-order valence-corrected chi connectivity index (χ2v) is 3.40. The van der Waals surface area contributed by atoms with Crippen molar-refractivity contribution in [3.05, 3.63) is 24.0 Å². The first-order valence-corrected chi connectivity index (χ1v) is 4.64. The Bertz CT molecular complexity index is 529. The molecule has 0 amide bonds. The number of hydrogen-bond acceptors (Lipinski definition) is 3. The Balaban J connectivity index is 2.81. The van der Waals surface area contributed by atoms with Crippen molar-refractivity contribution in [2.45, 2.75) is 6.92 Å². The van der Waals surface area contributed by atoms with Crippen molar-refractivity contribution in [2.24, 2.45) is 7.05 Å². The van der Waals surface area contributed by atoms with E-state index in [1.165, 1.54) is 0 Å². The largest absolute Gasteiger partial charge is 0.481 e. The number of carbonyl (C=O) groups is 1. The van der Waals surface area contributed by atoms with E-state index in [0.717, 1.165) is 10.9 Å². The highest BCUT2D eigenvalue weighted by atomic mass is 16.5. The summed E-state index contributed by atoms with van der Waals surface area (Å²) in [5.41, 5.74) is 1.61. The molecule has 0 saturated carbocycles. The molecule has 2 aromatic heterocycles. The van der Waals surface area contributed by atoms with Crippen molar-refractivity contribution in [3.8, 4) is 5.88 Å². The number of hydrogen-bond donors (Lipinski definition) is 0. The standard InChI is InChI=1S/C11H12N2O2/c1-7(14)10-6-8-9(13(10)2)4-5-12-11(8)15-3/h4-6H,1-3H3. The van der Waals surface area contributed by atoms with Crippen molar-refractivity contribution < 1.29 is 9.53 Å². The Morgan fingerprint density at radius 1 is 1.53 bits per heavy atom. The minimum atomic E-state index is 0.0377. The fourth-order valence-corrected chi connectivity index (χ4v) is 1.74. The molecule has 15 heavy (non-hydrogen) atoms. The maximum atomic E-state index is 11.4. The number of ketones is 1. The summed E-state index contributed by atoms with van der Waals surface area (Å²) in [5.74, 6) is 0.589. The zero-order chi connectivity index (χ0) is 11.0. The third kappa shape index (κ3) is 1.38. The number of fused-ring (bicyclic) bond motifs is 1. The average molecular weight is 204 g/mol. The van der Waals surface area contributed by atoms with Crippen LogP contribution in [0.2, 0.25) is 0 Å². The van der Waals surface area contributed by atoms with E-state index < -0.39 is 0 Å². The van der Waals surface area contributed by atoms with Crippen molar-refractivity contribution in [3.63, 3.8) is 0 Å². The first-order valence-electron chi connectivity index (χ1n) is 4.64. The predicted molar refractivity (Wildman–Crippen MR) is 57.3 cm³/mol. The monoisotopic (exact) mass is 204 g/mol. The summed E-state index contributed by atoms with van der Waals surface area (Å²) >= 11 is 0. The fraction of sp³-hybridized carbons (Fsp3) is 0.273. The minimum absolute atomic E-state index is 0.0377. The third-order valence-electron chi connectivity index (χ3n) is 2.49. The summed E-state index contributed by atoms with van der Waals surface area (Å²) in [4.78, 5) is 15.4. The molecule has 4 heteroatoms. The molecule has 0 aliphatic carbocycles. The van der Waals surface area contributed by atoms with Gasteiger partial charge in [-0.1, -0.05) is 0 Å². The molecule has 0 radical (unpaired) electrons. The molecule has 2 rings (SSSR count). The lowest BCUT2D eigenvalue weighted by Gasteiger charge is -2.01. The first kappa shape index (κ1) is 9.71. The Kier molecular flexibility index (Phi) is 2.19. The molecule has 0 atom stereocenters. The Morgan fingerprint density at radius 2 is 2.27 bits per heavy atom. The maximum absolute atomic E-state index is 11.4. The summed E-state index contributed by atoms with van der Waals surface area (Å²) in [6.07, 6.45) is 1.67. The van der Waals surface area contributed by atoms with E-state index in [1.54, 1.807) is 20.2 Å². The number of methoxy groups -OCH3 is 1. The summed E-state index contributed by atoms with van der Waals surface area (Å²) in [7, 11) is 3.43. The Labute approximate surface area is 87.5 Å². The van der Waals surface area contributed by atoms with Gasteiger partial charge in [0.05, 0.1) is 23.7 Å². The van der Waals surface area contributed by atoms with Crippen LogP contribution in [0.25, 0.3) is 10.9 Å². The van der Waals surface area contributed by atoms with E-state index in [0.29, 0.717) is 11.6 Å². The third-order valence-corrected chi connectivity index (χ3v) is 2.49. The van der Waals surface area contributed by atoms with Crippen molar-refractivity contribution in [1.29, 1.82) is 0 Å². The van der Waals surface area contributed by atoms with Gasteiger partial charge >= 0.3 is 0 Å². The number of carbonyl (C=O) groups excluding carboxylic acids is 1. The van der Waals surface area contributed by atoms with E-state index in [2.05, 4.69) is 4.98 Å². The molecule has 0 aliphatic rings. The molecule has 2 aromatic rings. The van der Waals surface area contributed by atoms with Gasteiger partial charge in [-0.15, -0.1) is 0 Å². The van der Waals surface area contributed by atoms with Crippen LogP contribution in [0.15, 0.2) is 18.3 Å². The van der Waals surface area contributed by atoms with Gasteiger partial charge in [-0.25, -0.2) is 4.98 Å². The molecule has 0 unspecified atom stereocenters. The van der Waals surface area contributed by atoms with Gasteiger partial charge < -0.3 is 9.30 Å². The molecule has 0 saturated heterocycles. The predicted octanol–water partition coefficient (Wildman–Crippen LogP) is 1.78. The lowest BCUT2D eigenvalue weighted by molar-refractivity contribution is 0.101. The molecule has 2 heterocycles. The van der Waals surface area contributed by atoms with Crippen LogP contribution >= 0.6 is 0 Å². The van der Waals surface area contributed by atoms with E-state index in [1.807, 2.05) is 23.7 Å². The van der Waals surface area contributed by atoms with Crippen LogP contribution in [0.3, 0.4) is 0 Å². The highest BCUT2D eigenvalue weighted by molar-refractivity contribution is 5.99. The molecule has 4 nitrogen and oxygen atoms in total. The number of aromatic nitrogens is 2. The van der Waals surface area contributed by atoms with Gasteiger partial charge in [-0.3, -0.25) is 4.79 Å². The molecular formula is C11H12N2O2. The SMILES string of the molecule is COc1nccc2c1cc(C(C)=O)n2C. The molecule has 0 spiro atoms. The van der Waals surface area contributed by atoms with Gasteiger partial charge in [0.2, 0.25) is 5.88 Å². The van der Waals surface area contributed by atoms with Gasteiger partial charge in [0, 0.05) is 20.2 Å². The molecule has 0 N–H and O–H groups in total. The van der Waals surface area contributed by atoms with Gasteiger partial charge in [0.1, 0.15) is 0 Å². The zero-order valence-electron chi connectivity index (χ0n) is 8.94. The number of rotatable bonds is 2. The van der Waals surface area contributed by atoms with Gasteiger partial charge in [0.25, 0.3) is 0 Å². The average Bonchev–Trinajstić information content (AvgIpc) is 2.56. The molecule has 0 aromatic carbocycles. The lowest BCUT2D eigenvalue weighted by Crippen LogP contribution is -2.00. The smallest absolute Gasteiger partial charge is 0.222 e. The molecular weight excluding hydrogens is 192 g/mol. The second-order valence-electron chi connectivity index (χ2n) is 3.40. The normalized spacial score (nSPS) is 10.6. The number of aryl methyl sites for hydroxylation is 1. The van der Waals surface area contributed by atoms with Gasteiger partial charge in [0.15, 0.2) is 5.78 Å². The van der Waals surface area contributed by atoms with Crippen molar-refractivity contribution in [1.82, 2.24) is 9.55 Å². The second kappa shape index (κ2) is 3.38. The van der Waals surface area contributed by atoms with Crippen LogP contribution < -0.4 is 4.74 Å². The quantitative estimate of drug-likeness (QED) is 0.700. The summed E-state index contributed by atoms with van der Waals surface area (Å²) in [6, 6.07) is 3.67. The first-order chi connectivity index (χ1) is 7.15. The van der Waals surface area contributed by atoms with Crippen LogP contribution in [-0.4, -0.2) is 22.4 Å². The van der Waals surface area contributed by atoms with Crippen LogP contribution in [0.4, 0.5) is 0 Å². The van der Waals surface area contributed by atoms with Crippen LogP contribution in [0.5, 0.6) is 5.88 Å². The Morgan fingerprint density at radius 3 is 2.87 bits per heavy atom. The minimum Gasteiger partial charge on any atom is -0.481 e. The Hall–Kier alpha value is -1.84. The number of Topliss-reactive ketones (excluding diaryl/α,β-unsaturated/α-hetero) is 1. The van der Waals surface area contributed by atoms with Gasteiger partial charge in [-0.05, 0) is 12.1 Å². The number of pyridine rings is 1. The van der Waals surface area contributed by atoms with E-state index in [-0.39, 0.29) is 5.78 Å². The maximum Gasteiger partial charge on any atom is 0.222 e. The van der Waals surface area contributed by atoms with Crippen molar-refractivity contribution >= 4 is 16.7 Å². The molecule has 0 fully saturated rings. The molecule has 78 valence electrons. The topological polar surface area (TPSA) is 44.1 Å². The molecule has 0 aliphatic heterocycles. The highest BCUT2D eigenvalue weighted by Crippen LogP contribution is 2.25. The fourth-order valence-electron chi connectivity index (χ4n) is 1.74. The van der Waals surface area contributed by atoms with Crippen LogP contribution in [-0.2, 0) is 7.05 Å². The molecule has 0 bridgehead atoms. The summed E-state index contributed by atoms with van der Waals surface area (Å²) in [5, 5.41) is 0.868. The van der Waals surface area contributed by atoms with Crippen LogP contribution in [0.1, 0.15) is 17.4 Å². The zero-order valence-corrected chi connectivity index (χ0v) is 8.94. The van der Waals surface area contributed by atoms with E-state index >= 15 is 0 Å². The van der Waals surface area contributed by atoms with Crippen LogP contribution in [0, 0.1) is 0 Å².